The Labute approximate surface area is 166 Å². The third-order valence-electron chi connectivity index (χ3n) is 4.51. The standard InChI is InChI=1S/C21H21F3N2O3/c1-28-14-20(27)26(12-15-6-5-9-17(10-15)21(22,23)24)13-18-11-19(25-29-18)16-7-3-2-4-8-16/h2-10,18H,11-14H2,1H3. The molecule has 1 unspecified atom stereocenters. The van der Waals surface area contributed by atoms with Crippen LogP contribution >= 0.6 is 0 Å². The molecule has 0 saturated heterocycles. The number of carbonyl (C=O) groups excluding carboxylic acids is 1. The molecule has 8 heteroatoms. The second-order valence-corrected chi connectivity index (χ2v) is 6.74. The maximum absolute atomic E-state index is 13.0. The van der Waals surface area contributed by atoms with Crippen molar-refractivity contribution in [2.24, 2.45) is 5.16 Å². The van der Waals surface area contributed by atoms with Gasteiger partial charge in [-0.05, 0) is 23.3 Å². The summed E-state index contributed by atoms with van der Waals surface area (Å²) in [5, 5.41) is 4.10. The van der Waals surface area contributed by atoms with Crippen molar-refractivity contribution < 1.29 is 27.5 Å². The lowest BCUT2D eigenvalue weighted by Gasteiger charge is -2.25. The third-order valence-corrected chi connectivity index (χ3v) is 4.51. The number of hydrogen-bond donors (Lipinski definition) is 0. The number of hydrogen-bond acceptors (Lipinski definition) is 4. The minimum atomic E-state index is -4.44. The van der Waals surface area contributed by atoms with E-state index in [0.717, 1.165) is 23.4 Å². The topological polar surface area (TPSA) is 51.1 Å². The van der Waals surface area contributed by atoms with Gasteiger partial charge in [-0.2, -0.15) is 13.2 Å². The second kappa shape index (κ2) is 9.09. The molecule has 1 aliphatic rings. The Kier molecular flexibility index (Phi) is 6.53. The summed E-state index contributed by atoms with van der Waals surface area (Å²) in [5.74, 6) is -0.332. The molecule has 0 radical (unpaired) electrons. The van der Waals surface area contributed by atoms with Crippen LogP contribution in [0.1, 0.15) is 23.1 Å². The predicted molar refractivity (Wildman–Crippen MR) is 101 cm³/mol. The van der Waals surface area contributed by atoms with Gasteiger partial charge in [0.2, 0.25) is 5.91 Å². The van der Waals surface area contributed by atoms with Gasteiger partial charge in [0, 0.05) is 20.1 Å². The van der Waals surface area contributed by atoms with Gasteiger partial charge >= 0.3 is 6.18 Å². The van der Waals surface area contributed by atoms with Gasteiger partial charge in [-0.3, -0.25) is 4.79 Å². The molecular weight excluding hydrogens is 385 g/mol. The molecule has 154 valence electrons. The lowest BCUT2D eigenvalue weighted by Crippen LogP contribution is -2.39. The highest BCUT2D eigenvalue weighted by molar-refractivity contribution is 6.01. The van der Waals surface area contributed by atoms with E-state index in [1.54, 1.807) is 6.07 Å². The highest BCUT2D eigenvalue weighted by atomic mass is 19.4. The molecule has 29 heavy (non-hydrogen) atoms. The van der Waals surface area contributed by atoms with Crippen LogP contribution in [0.4, 0.5) is 13.2 Å². The summed E-state index contributed by atoms with van der Waals surface area (Å²) in [4.78, 5) is 19.4. The van der Waals surface area contributed by atoms with Crippen molar-refractivity contribution in [3.63, 3.8) is 0 Å². The van der Waals surface area contributed by atoms with Crippen molar-refractivity contribution in [1.29, 1.82) is 0 Å². The molecule has 0 saturated carbocycles. The molecule has 2 aromatic rings. The van der Waals surface area contributed by atoms with E-state index >= 15 is 0 Å². The van der Waals surface area contributed by atoms with Crippen LogP contribution in [0.5, 0.6) is 0 Å². The van der Waals surface area contributed by atoms with Crippen LogP contribution in [-0.2, 0) is 27.1 Å². The maximum Gasteiger partial charge on any atom is 0.416 e. The summed E-state index contributed by atoms with van der Waals surface area (Å²) in [7, 11) is 1.39. The number of rotatable bonds is 7. The number of nitrogens with zero attached hydrogens (tertiary/aromatic N) is 2. The van der Waals surface area contributed by atoms with E-state index < -0.39 is 11.7 Å². The number of methoxy groups -OCH3 is 1. The molecular formula is C21H21F3N2O3. The van der Waals surface area contributed by atoms with Crippen LogP contribution in [0.2, 0.25) is 0 Å². The zero-order chi connectivity index (χ0) is 20.9. The Bertz CT molecular complexity index is 869. The third kappa shape index (κ3) is 5.57. The lowest BCUT2D eigenvalue weighted by molar-refractivity contribution is -0.137. The zero-order valence-corrected chi connectivity index (χ0v) is 15.9. The first kappa shape index (κ1) is 20.9. The smallest absolute Gasteiger partial charge is 0.390 e. The van der Waals surface area contributed by atoms with Crippen LogP contribution in [0.3, 0.4) is 0 Å². The van der Waals surface area contributed by atoms with Crippen molar-refractivity contribution in [2.75, 3.05) is 20.3 Å². The zero-order valence-electron chi connectivity index (χ0n) is 15.9. The molecule has 0 aromatic heterocycles. The number of halogens is 3. The fraction of sp³-hybridized carbons (Fsp3) is 0.333. The average molecular weight is 406 g/mol. The minimum Gasteiger partial charge on any atom is -0.390 e. The largest absolute Gasteiger partial charge is 0.416 e. The molecule has 1 atom stereocenters. The minimum absolute atomic E-state index is 0.0205. The van der Waals surface area contributed by atoms with Gasteiger partial charge in [-0.1, -0.05) is 47.6 Å². The van der Waals surface area contributed by atoms with Crippen LogP contribution in [-0.4, -0.2) is 42.9 Å². The molecule has 0 aliphatic carbocycles. The molecule has 1 aliphatic heterocycles. The molecule has 0 spiro atoms. The number of carbonyl (C=O) groups is 1. The maximum atomic E-state index is 13.0. The molecule has 3 rings (SSSR count). The first-order valence-electron chi connectivity index (χ1n) is 9.08. The Morgan fingerprint density at radius 3 is 2.66 bits per heavy atom. The molecule has 1 amide bonds. The van der Waals surface area contributed by atoms with Crippen molar-refractivity contribution in [3.05, 3.63) is 71.3 Å². The molecule has 2 aromatic carbocycles. The molecule has 1 heterocycles. The van der Waals surface area contributed by atoms with Gasteiger partial charge in [0.15, 0.2) is 6.10 Å². The SMILES string of the molecule is COCC(=O)N(Cc1cccc(C(F)(F)F)c1)CC1CC(c2ccccc2)=NO1. The summed E-state index contributed by atoms with van der Waals surface area (Å²) in [6.07, 6.45) is -4.31. The van der Waals surface area contributed by atoms with Crippen molar-refractivity contribution in [1.82, 2.24) is 4.90 Å². The van der Waals surface area contributed by atoms with Crippen molar-refractivity contribution >= 4 is 11.6 Å². The van der Waals surface area contributed by atoms with Gasteiger partial charge in [0.25, 0.3) is 0 Å². The summed E-state index contributed by atoms with van der Waals surface area (Å²) in [5.41, 5.74) is 1.34. The second-order valence-electron chi connectivity index (χ2n) is 6.74. The van der Waals surface area contributed by atoms with Crippen molar-refractivity contribution in [3.8, 4) is 0 Å². The Hall–Kier alpha value is -2.87. The van der Waals surface area contributed by atoms with E-state index in [9.17, 15) is 18.0 Å². The predicted octanol–water partition coefficient (Wildman–Crippen LogP) is 3.87. The van der Waals surface area contributed by atoms with E-state index in [2.05, 4.69) is 5.16 Å². The van der Waals surface area contributed by atoms with E-state index in [1.165, 1.54) is 18.1 Å². The lowest BCUT2D eigenvalue weighted by atomic mass is 10.0. The van der Waals surface area contributed by atoms with Crippen LogP contribution in [0.15, 0.2) is 59.8 Å². The fourth-order valence-electron chi connectivity index (χ4n) is 3.11. The molecule has 0 N–H and O–H groups in total. The van der Waals surface area contributed by atoms with Gasteiger partial charge in [-0.25, -0.2) is 0 Å². The van der Waals surface area contributed by atoms with E-state index in [1.807, 2.05) is 30.3 Å². The van der Waals surface area contributed by atoms with Gasteiger partial charge < -0.3 is 14.5 Å². The van der Waals surface area contributed by atoms with Gasteiger partial charge in [0.1, 0.15) is 6.61 Å². The molecule has 0 fully saturated rings. The number of alkyl halides is 3. The van der Waals surface area contributed by atoms with E-state index in [4.69, 9.17) is 9.57 Å². The summed E-state index contributed by atoms with van der Waals surface area (Å²) in [6.45, 7) is 0.0446. The number of benzene rings is 2. The van der Waals surface area contributed by atoms with Crippen LogP contribution < -0.4 is 0 Å². The van der Waals surface area contributed by atoms with Gasteiger partial charge in [0.05, 0.1) is 17.8 Å². The Morgan fingerprint density at radius 2 is 1.97 bits per heavy atom. The average Bonchev–Trinajstić information content (AvgIpc) is 3.16. The number of oxime groups is 1. The Morgan fingerprint density at radius 1 is 1.21 bits per heavy atom. The molecule has 0 bridgehead atoms. The summed E-state index contributed by atoms with van der Waals surface area (Å²) >= 11 is 0. The highest BCUT2D eigenvalue weighted by Gasteiger charge is 2.31. The quantitative estimate of drug-likeness (QED) is 0.701. The summed E-state index contributed by atoms with van der Waals surface area (Å²) < 4.78 is 43.9. The van der Waals surface area contributed by atoms with Crippen molar-refractivity contribution in [2.45, 2.75) is 25.2 Å². The first-order chi connectivity index (χ1) is 13.9. The van der Waals surface area contributed by atoms with E-state index in [-0.39, 0.29) is 31.7 Å². The van der Waals surface area contributed by atoms with E-state index in [0.29, 0.717) is 12.0 Å². The Balaban J connectivity index is 1.70. The highest BCUT2D eigenvalue weighted by Crippen LogP contribution is 2.30. The summed E-state index contributed by atoms with van der Waals surface area (Å²) in [6, 6.07) is 14.5. The number of amides is 1. The van der Waals surface area contributed by atoms with Crippen LogP contribution in [0.25, 0.3) is 0 Å². The fourth-order valence-corrected chi connectivity index (χ4v) is 3.11. The molecule has 5 nitrogen and oxygen atoms in total. The first-order valence-corrected chi connectivity index (χ1v) is 9.08. The number of ether oxygens (including phenoxy) is 1. The van der Waals surface area contributed by atoms with Gasteiger partial charge in [-0.15, -0.1) is 0 Å². The monoisotopic (exact) mass is 406 g/mol. The normalized spacial score (nSPS) is 16.3. The van der Waals surface area contributed by atoms with Crippen LogP contribution in [0, 0.1) is 0 Å².